The van der Waals surface area contributed by atoms with Crippen molar-refractivity contribution in [3.8, 4) is 0 Å². The molecule has 0 atom stereocenters. The van der Waals surface area contributed by atoms with Crippen LogP contribution in [0, 0.1) is 5.82 Å². The van der Waals surface area contributed by atoms with Gasteiger partial charge >= 0.3 is 0 Å². The molecule has 1 fully saturated rings. The van der Waals surface area contributed by atoms with E-state index in [4.69, 9.17) is 5.73 Å². The molecule has 4 heteroatoms. The van der Waals surface area contributed by atoms with E-state index in [2.05, 4.69) is 23.8 Å². The number of nitrogens with two attached hydrogens (primary N) is 1. The normalized spacial score (nSPS) is 18.1. The fraction of sp³-hybridized carbons (Fsp3) is 0.600. The summed E-state index contributed by atoms with van der Waals surface area (Å²) in [5.41, 5.74) is 7.48. The Kier molecular flexibility index (Phi) is 4.77. The number of rotatable bonds is 4. The summed E-state index contributed by atoms with van der Waals surface area (Å²) in [6, 6.07) is 5.19. The Balaban J connectivity index is 1.94. The molecule has 1 heterocycles. The highest BCUT2D eigenvalue weighted by molar-refractivity contribution is 5.46. The standard InChI is InChI=1S/C15H24FN3/c1-3-19-8-6-14(7-9-19)18(2)11-12-10-13(16)4-5-15(12)17/h4-5,10,14H,3,6-9,11,17H2,1-2H3. The zero-order valence-electron chi connectivity index (χ0n) is 11.9. The van der Waals surface area contributed by atoms with Gasteiger partial charge in [0.25, 0.3) is 0 Å². The zero-order valence-corrected chi connectivity index (χ0v) is 11.9. The highest BCUT2D eigenvalue weighted by atomic mass is 19.1. The lowest BCUT2D eigenvalue weighted by Gasteiger charge is -2.36. The van der Waals surface area contributed by atoms with Crippen LogP contribution in [0.4, 0.5) is 10.1 Å². The molecule has 1 aromatic carbocycles. The molecule has 0 saturated carbocycles. The molecule has 106 valence electrons. The van der Waals surface area contributed by atoms with Gasteiger partial charge in [-0.3, -0.25) is 4.90 Å². The molecule has 0 bridgehead atoms. The van der Waals surface area contributed by atoms with Crippen LogP contribution < -0.4 is 5.73 Å². The SMILES string of the molecule is CCN1CCC(N(C)Cc2cc(F)ccc2N)CC1. The van der Waals surface area contributed by atoms with Crippen LogP contribution in [-0.4, -0.2) is 42.5 Å². The largest absolute Gasteiger partial charge is 0.398 e. The van der Waals surface area contributed by atoms with Crippen LogP contribution >= 0.6 is 0 Å². The number of anilines is 1. The highest BCUT2D eigenvalue weighted by Gasteiger charge is 2.21. The average molecular weight is 265 g/mol. The summed E-state index contributed by atoms with van der Waals surface area (Å²) in [7, 11) is 2.11. The van der Waals surface area contributed by atoms with Gasteiger partial charge in [-0.05, 0) is 63.3 Å². The molecule has 2 rings (SSSR count). The van der Waals surface area contributed by atoms with E-state index in [-0.39, 0.29) is 5.82 Å². The lowest BCUT2D eigenvalue weighted by atomic mass is 10.0. The predicted octanol–water partition coefficient (Wildman–Crippen LogP) is 2.32. The van der Waals surface area contributed by atoms with Crippen LogP contribution in [0.15, 0.2) is 18.2 Å². The maximum Gasteiger partial charge on any atom is 0.123 e. The van der Waals surface area contributed by atoms with E-state index in [1.54, 1.807) is 12.1 Å². The summed E-state index contributed by atoms with van der Waals surface area (Å²) < 4.78 is 13.3. The molecule has 0 amide bonds. The third-order valence-corrected chi connectivity index (χ3v) is 4.15. The molecular weight excluding hydrogens is 241 g/mol. The number of benzene rings is 1. The minimum Gasteiger partial charge on any atom is -0.398 e. The van der Waals surface area contributed by atoms with Crippen molar-refractivity contribution in [2.24, 2.45) is 0 Å². The van der Waals surface area contributed by atoms with Gasteiger partial charge in [0.15, 0.2) is 0 Å². The minimum absolute atomic E-state index is 0.210. The lowest BCUT2D eigenvalue weighted by Crippen LogP contribution is -2.42. The van der Waals surface area contributed by atoms with Gasteiger partial charge in [-0.15, -0.1) is 0 Å². The van der Waals surface area contributed by atoms with Gasteiger partial charge in [0.2, 0.25) is 0 Å². The Hall–Kier alpha value is -1.13. The van der Waals surface area contributed by atoms with Crippen LogP contribution in [-0.2, 0) is 6.54 Å². The molecule has 2 N–H and O–H groups in total. The number of hydrogen-bond donors (Lipinski definition) is 1. The van der Waals surface area contributed by atoms with E-state index in [0.29, 0.717) is 11.7 Å². The van der Waals surface area contributed by atoms with Crippen LogP contribution in [0.25, 0.3) is 0 Å². The van der Waals surface area contributed by atoms with E-state index in [1.165, 1.54) is 18.9 Å². The number of likely N-dealkylation sites (tertiary alicyclic amines) is 1. The summed E-state index contributed by atoms with van der Waals surface area (Å²) in [5.74, 6) is -0.210. The maximum absolute atomic E-state index is 13.3. The second-order valence-electron chi connectivity index (χ2n) is 5.42. The van der Waals surface area contributed by atoms with E-state index in [0.717, 1.165) is 31.7 Å². The molecule has 0 radical (unpaired) electrons. The molecule has 0 aliphatic carbocycles. The van der Waals surface area contributed by atoms with E-state index in [1.807, 2.05) is 0 Å². The third kappa shape index (κ3) is 3.67. The van der Waals surface area contributed by atoms with Crippen molar-refractivity contribution >= 4 is 5.69 Å². The average Bonchev–Trinajstić information content (AvgIpc) is 2.43. The van der Waals surface area contributed by atoms with Gasteiger partial charge in [0.05, 0.1) is 0 Å². The summed E-state index contributed by atoms with van der Waals surface area (Å²) in [6.07, 6.45) is 2.36. The first-order chi connectivity index (χ1) is 9.10. The summed E-state index contributed by atoms with van der Waals surface area (Å²) >= 11 is 0. The van der Waals surface area contributed by atoms with Crippen LogP contribution in [0.2, 0.25) is 0 Å². The Labute approximate surface area is 115 Å². The fourth-order valence-electron chi connectivity index (χ4n) is 2.79. The van der Waals surface area contributed by atoms with Crippen molar-refractivity contribution in [1.29, 1.82) is 0 Å². The molecule has 0 spiro atoms. The molecule has 3 nitrogen and oxygen atoms in total. The maximum atomic E-state index is 13.3. The van der Waals surface area contributed by atoms with Crippen molar-refractivity contribution in [3.05, 3.63) is 29.6 Å². The minimum atomic E-state index is -0.210. The molecule has 0 aromatic heterocycles. The van der Waals surface area contributed by atoms with Crippen molar-refractivity contribution in [2.45, 2.75) is 32.4 Å². The number of piperidine rings is 1. The first-order valence-electron chi connectivity index (χ1n) is 7.06. The van der Waals surface area contributed by atoms with Gasteiger partial charge in [-0.1, -0.05) is 6.92 Å². The van der Waals surface area contributed by atoms with Crippen LogP contribution in [0.1, 0.15) is 25.3 Å². The van der Waals surface area contributed by atoms with Gasteiger partial charge in [-0.2, -0.15) is 0 Å². The highest BCUT2D eigenvalue weighted by Crippen LogP contribution is 2.20. The fourth-order valence-corrected chi connectivity index (χ4v) is 2.79. The number of nitrogens with zero attached hydrogens (tertiary/aromatic N) is 2. The summed E-state index contributed by atoms with van der Waals surface area (Å²) in [5, 5.41) is 0. The number of halogens is 1. The van der Waals surface area contributed by atoms with Crippen molar-refractivity contribution in [2.75, 3.05) is 32.4 Å². The van der Waals surface area contributed by atoms with Gasteiger partial charge in [0.1, 0.15) is 5.82 Å². The second-order valence-corrected chi connectivity index (χ2v) is 5.42. The van der Waals surface area contributed by atoms with Crippen LogP contribution in [0.5, 0.6) is 0 Å². The molecule has 19 heavy (non-hydrogen) atoms. The van der Waals surface area contributed by atoms with E-state index in [9.17, 15) is 4.39 Å². The van der Waals surface area contributed by atoms with Gasteiger partial charge in [0, 0.05) is 18.3 Å². The Bertz CT molecular complexity index is 414. The van der Waals surface area contributed by atoms with Gasteiger partial charge in [-0.25, -0.2) is 4.39 Å². The Morgan fingerprint density at radius 2 is 2.05 bits per heavy atom. The Morgan fingerprint density at radius 3 is 2.68 bits per heavy atom. The predicted molar refractivity (Wildman–Crippen MR) is 77.4 cm³/mol. The molecule has 1 saturated heterocycles. The summed E-state index contributed by atoms with van der Waals surface area (Å²) in [6.45, 7) is 6.37. The quantitative estimate of drug-likeness (QED) is 0.848. The van der Waals surface area contributed by atoms with Crippen molar-refractivity contribution < 1.29 is 4.39 Å². The molecule has 0 unspecified atom stereocenters. The molecule has 1 aliphatic rings. The summed E-state index contributed by atoms with van der Waals surface area (Å²) in [4.78, 5) is 4.78. The van der Waals surface area contributed by atoms with Crippen molar-refractivity contribution in [1.82, 2.24) is 9.80 Å². The number of hydrogen-bond acceptors (Lipinski definition) is 3. The molecule has 1 aromatic rings. The first kappa shape index (κ1) is 14.3. The first-order valence-corrected chi connectivity index (χ1v) is 7.06. The van der Waals surface area contributed by atoms with Crippen molar-refractivity contribution in [3.63, 3.8) is 0 Å². The van der Waals surface area contributed by atoms with E-state index >= 15 is 0 Å². The monoisotopic (exact) mass is 265 g/mol. The number of nitrogen functional groups attached to an aromatic ring is 1. The second kappa shape index (κ2) is 6.35. The molecule has 1 aliphatic heterocycles. The Morgan fingerprint density at radius 1 is 1.37 bits per heavy atom. The third-order valence-electron chi connectivity index (χ3n) is 4.15. The van der Waals surface area contributed by atoms with Gasteiger partial charge < -0.3 is 10.6 Å². The molecular formula is C15H24FN3. The zero-order chi connectivity index (χ0) is 13.8. The van der Waals surface area contributed by atoms with Crippen LogP contribution in [0.3, 0.4) is 0 Å². The lowest BCUT2D eigenvalue weighted by molar-refractivity contribution is 0.127. The topological polar surface area (TPSA) is 32.5 Å². The smallest absolute Gasteiger partial charge is 0.123 e. The van der Waals surface area contributed by atoms with E-state index < -0.39 is 0 Å².